The Kier molecular flexibility index (Phi) is 6.04. The van der Waals surface area contributed by atoms with Gasteiger partial charge in [-0.2, -0.15) is 5.10 Å². The summed E-state index contributed by atoms with van der Waals surface area (Å²) in [6.45, 7) is -0.0717. The number of rotatable bonds is 6. The van der Waals surface area contributed by atoms with Crippen LogP contribution in [0.4, 0.5) is 0 Å². The Morgan fingerprint density at radius 2 is 1.67 bits per heavy atom. The van der Waals surface area contributed by atoms with Crippen molar-refractivity contribution in [3.63, 3.8) is 0 Å². The van der Waals surface area contributed by atoms with Gasteiger partial charge in [0.1, 0.15) is 18.5 Å². The smallest absolute Gasteiger partial charge is 0.274 e. The van der Waals surface area contributed by atoms with E-state index in [0.29, 0.717) is 26.9 Å². The Morgan fingerprint density at radius 3 is 2.40 bits per heavy atom. The van der Waals surface area contributed by atoms with E-state index in [1.165, 1.54) is 4.68 Å². The highest BCUT2D eigenvalue weighted by molar-refractivity contribution is 6.35. The first kappa shape index (κ1) is 20.4. The molecule has 1 heterocycles. The Hall–Kier alpha value is -2.86. The van der Waals surface area contributed by atoms with Crippen LogP contribution in [0.25, 0.3) is 22.0 Å². The van der Waals surface area contributed by atoms with Gasteiger partial charge in [0.2, 0.25) is 0 Å². The average Bonchev–Trinajstić information content (AvgIpc) is 2.76. The third-order valence-electron chi connectivity index (χ3n) is 4.62. The molecule has 0 bridgehead atoms. The zero-order valence-corrected chi connectivity index (χ0v) is 17.3. The highest BCUT2D eigenvalue weighted by Crippen LogP contribution is 2.28. The Balaban J connectivity index is 1.62. The number of halogens is 2. The maximum atomic E-state index is 12.9. The quantitative estimate of drug-likeness (QED) is 0.467. The van der Waals surface area contributed by atoms with E-state index in [1.807, 2.05) is 48.5 Å². The van der Waals surface area contributed by atoms with Crippen molar-refractivity contribution in [2.45, 2.75) is 12.6 Å². The summed E-state index contributed by atoms with van der Waals surface area (Å²) in [6, 6.07) is 21.8. The molecule has 1 aromatic heterocycles. The molecule has 0 aliphatic carbocycles. The molecule has 4 aromatic rings. The van der Waals surface area contributed by atoms with E-state index < -0.39 is 6.10 Å². The molecule has 0 aliphatic heterocycles. The highest BCUT2D eigenvalue weighted by atomic mass is 35.5. The lowest BCUT2D eigenvalue weighted by Crippen LogP contribution is -2.32. The molecule has 4 rings (SSSR count). The number of aliphatic hydroxyl groups excluding tert-OH is 1. The molecule has 1 unspecified atom stereocenters. The predicted molar refractivity (Wildman–Crippen MR) is 119 cm³/mol. The van der Waals surface area contributed by atoms with Crippen LogP contribution in [0.15, 0.2) is 77.6 Å². The molecule has 7 heteroatoms. The number of fused-ring (bicyclic) bond motifs is 1. The first-order chi connectivity index (χ1) is 14.5. The average molecular weight is 441 g/mol. The molecule has 0 spiro atoms. The molecular formula is C23H18Cl2N2O3. The van der Waals surface area contributed by atoms with Crippen molar-refractivity contribution in [3.8, 4) is 17.0 Å². The van der Waals surface area contributed by atoms with Gasteiger partial charge >= 0.3 is 0 Å². The van der Waals surface area contributed by atoms with Gasteiger partial charge in [0, 0.05) is 16.0 Å². The number of hydrogen-bond acceptors (Lipinski definition) is 4. The van der Waals surface area contributed by atoms with Crippen molar-refractivity contribution < 1.29 is 9.84 Å². The summed E-state index contributed by atoms with van der Waals surface area (Å²) in [5.74, 6) is 0.406. The molecule has 0 aliphatic rings. The number of aliphatic hydroxyl groups is 1. The van der Waals surface area contributed by atoms with Crippen molar-refractivity contribution in [1.29, 1.82) is 0 Å². The first-order valence-corrected chi connectivity index (χ1v) is 10.1. The predicted octanol–water partition coefficient (Wildman–Crippen LogP) is 4.81. The summed E-state index contributed by atoms with van der Waals surface area (Å²) in [5, 5.41) is 17.2. The molecule has 0 radical (unpaired) electrons. The van der Waals surface area contributed by atoms with Crippen molar-refractivity contribution in [1.82, 2.24) is 9.78 Å². The zero-order valence-electron chi connectivity index (χ0n) is 15.8. The van der Waals surface area contributed by atoms with Gasteiger partial charge in [-0.3, -0.25) is 4.79 Å². The number of aromatic nitrogens is 2. The summed E-state index contributed by atoms with van der Waals surface area (Å²) in [4.78, 5) is 12.9. The monoisotopic (exact) mass is 440 g/mol. The summed E-state index contributed by atoms with van der Waals surface area (Å²) in [5.41, 5.74) is 1.30. The van der Waals surface area contributed by atoms with Gasteiger partial charge < -0.3 is 9.84 Å². The van der Waals surface area contributed by atoms with E-state index in [-0.39, 0.29) is 18.7 Å². The molecular weight excluding hydrogens is 423 g/mol. The van der Waals surface area contributed by atoms with Gasteiger partial charge in [-0.1, -0.05) is 71.7 Å². The van der Waals surface area contributed by atoms with Gasteiger partial charge in [-0.15, -0.1) is 0 Å². The lowest BCUT2D eigenvalue weighted by Gasteiger charge is -2.16. The van der Waals surface area contributed by atoms with E-state index in [1.54, 1.807) is 24.3 Å². The van der Waals surface area contributed by atoms with Gasteiger partial charge in [-0.05, 0) is 24.3 Å². The Labute approximate surface area is 183 Å². The van der Waals surface area contributed by atoms with Gasteiger partial charge in [0.15, 0.2) is 0 Å². The van der Waals surface area contributed by atoms with E-state index >= 15 is 0 Å². The molecule has 0 fully saturated rings. The van der Waals surface area contributed by atoms with Crippen LogP contribution < -0.4 is 10.3 Å². The van der Waals surface area contributed by atoms with Crippen LogP contribution in [-0.4, -0.2) is 27.6 Å². The number of benzene rings is 3. The zero-order chi connectivity index (χ0) is 21.1. The molecule has 0 saturated carbocycles. The third kappa shape index (κ3) is 4.33. The second-order valence-electron chi connectivity index (χ2n) is 6.79. The van der Waals surface area contributed by atoms with Crippen molar-refractivity contribution in [2.24, 2.45) is 0 Å². The lowest BCUT2D eigenvalue weighted by atomic mass is 10.1. The Bertz CT molecular complexity index is 1240. The van der Waals surface area contributed by atoms with E-state index in [4.69, 9.17) is 27.9 Å². The highest BCUT2D eigenvalue weighted by Gasteiger charge is 2.15. The van der Waals surface area contributed by atoms with E-state index in [2.05, 4.69) is 5.10 Å². The van der Waals surface area contributed by atoms with Crippen LogP contribution in [0.3, 0.4) is 0 Å². The minimum Gasteiger partial charge on any atom is -0.489 e. The van der Waals surface area contributed by atoms with Crippen molar-refractivity contribution in [2.75, 3.05) is 6.61 Å². The minimum absolute atomic E-state index is 0.0191. The van der Waals surface area contributed by atoms with Gasteiger partial charge in [-0.25, -0.2) is 4.68 Å². The second-order valence-corrected chi connectivity index (χ2v) is 7.63. The second kappa shape index (κ2) is 8.88. The molecule has 1 atom stereocenters. The summed E-state index contributed by atoms with van der Waals surface area (Å²) in [7, 11) is 0. The molecule has 3 aromatic carbocycles. The largest absolute Gasteiger partial charge is 0.489 e. The van der Waals surface area contributed by atoms with Crippen LogP contribution in [0, 0.1) is 0 Å². The van der Waals surface area contributed by atoms with Crippen LogP contribution in [0.2, 0.25) is 10.0 Å². The van der Waals surface area contributed by atoms with Crippen LogP contribution in [0.1, 0.15) is 0 Å². The molecule has 0 saturated heterocycles. The van der Waals surface area contributed by atoms with E-state index in [0.717, 1.165) is 10.9 Å². The number of hydrogen-bond donors (Lipinski definition) is 1. The van der Waals surface area contributed by atoms with Gasteiger partial charge in [0.25, 0.3) is 5.56 Å². The molecule has 5 nitrogen and oxygen atoms in total. The minimum atomic E-state index is -0.966. The standard InChI is InChI=1S/C23H18Cl2N2O3/c24-16-10-11-21(20(25)12-16)30-14-17(28)13-27-23(29)19-9-5-4-8-18(19)22(26-27)15-6-2-1-3-7-15/h1-12,17,28H,13-14H2. The fraction of sp³-hybridized carbons (Fsp3) is 0.130. The summed E-state index contributed by atoms with van der Waals surface area (Å²) in [6.07, 6.45) is -0.966. The maximum absolute atomic E-state index is 12.9. The lowest BCUT2D eigenvalue weighted by molar-refractivity contribution is 0.0883. The van der Waals surface area contributed by atoms with Crippen LogP contribution in [-0.2, 0) is 6.54 Å². The third-order valence-corrected chi connectivity index (χ3v) is 5.15. The van der Waals surface area contributed by atoms with Crippen molar-refractivity contribution >= 4 is 34.0 Å². The first-order valence-electron chi connectivity index (χ1n) is 9.34. The fourth-order valence-corrected chi connectivity index (χ4v) is 3.66. The molecule has 30 heavy (non-hydrogen) atoms. The normalized spacial score (nSPS) is 12.1. The maximum Gasteiger partial charge on any atom is 0.274 e. The van der Waals surface area contributed by atoms with Gasteiger partial charge in [0.05, 0.1) is 22.6 Å². The number of nitrogens with zero attached hydrogens (tertiary/aromatic N) is 2. The number of ether oxygens (including phenoxy) is 1. The molecule has 0 amide bonds. The van der Waals surface area contributed by atoms with E-state index in [9.17, 15) is 9.90 Å². The Morgan fingerprint density at radius 1 is 0.967 bits per heavy atom. The summed E-state index contributed by atoms with van der Waals surface area (Å²) < 4.78 is 6.86. The fourth-order valence-electron chi connectivity index (χ4n) is 3.20. The molecule has 1 N–H and O–H groups in total. The molecule has 152 valence electrons. The SMILES string of the molecule is O=c1c2ccccc2c(-c2ccccc2)nn1CC(O)COc1ccc(Cl)cc1Cl. The van der Waals surface area contributed by atoms with Crippen LogP contribution >= 0.6 is 23.2 Å². The topological polar surface area (TPSA) is 64.4 Å². The van der Waals surface area contributed by atoms with Crippen molar-refractivity contribution in [3.05, 3.63) is 93.2 Å². The summed E-state index contributed by atoms with van der Waals surface area (Å²) >= 11 is 12.0. The van der Waals surface area contributed by atoms with Crippen LogP contribution in [0.5, 0.6) is 5.75 Å².